The van der Waals surface area contributed by atoms with Gasteiger partial charge < -0.3 is 15.7 Å². The lowest BCUT2D eigenvalue weighted by atomic mass is 9.98. The first-order valence-electron chi connectivity index (χ1n) is 9.49. The van der Waals surface area contributed by atoms with Crippen molar-refractivity contribution in [3.8, 4) is 10.4 Å². The lowest BCUT2D eigenvalue weighted by Gasteiger charge is -2.43. The van der Waals surface area contributed by atoms with Gasteiger partial charge in [-0.2, -0.15) is 0 Å². The van der Waals surface area contributed by atoms with Crippen LogP contribution in [0.1, 0.15) is 24.8 Å². The van der Waals surface area contributed by atoms with Crippen molar-refractivity contribution in [3.63, 3.8) is 0 Å². The SMILES string of the molecule is NCCCCC1(C(=O)O)CN(Cc2ccccc2-c2cccs2)CCP1(=O)O. The first-order valence-corrected chi connectivity index (χ1v) is 12.2. The van der Waals surface area contributed by atoms with E-state index in [0.717, 1.165) is 16.0 Å². The average molecular weight is 422 g/mol. The highest BCUT2D eigenvalue weighted by molar-refractivity contribution is 7.61. The molecule has 0 amide bonds. The summed E-state index contributed by atoms with van der Waals surface area (Å²) in [6, 6.07) is 12.1. The van der Waals surface area contributed by atoms with Crippen molar-refractivity contribution in [3.05, 3.63) is 47.3 Å². The van der Waals surface area contributed by atoms with E-state index in [1.54, 1.807) is 11.3 Å². The molecule has 8 heteroatoms. The molecule has 2 atom stereocenters. The molecule has 1 aliphatic heterocycles. The summed E-state index contributed by atoms with van der Waals surface area (Å²) in [5, 5.41) is 10.3. The van der Waals surface area contributed by atoms with E-state index >= 15 is 0 Å². The summed E-state index contributed by atoms with van der Waals surface area (Å²) in [5.41, 5.74) is 7.76. The third-order valence-electron chi connectivity index (χ3n) is 5.51. The van der Waals surface area contributed by atoms with E-state index in [4.69, 9.17) is 5.73 Å². The molecule has 0 saturated carbocycles. The van der Waals surface area contributed by atoms with Crippen LogP contribution in [0.5, 0.6) is 0 Å². The summed E-state index contributed by atoms with van der Waals surface area (Å²) < 4.78 is 12.9. The molecule has 4 N–H and O–H groups in total. The van der Waals surface area contributed by atoms with E-state index in [-0.39, 0.29) is 19.1 Å². The van der Waals surface area contributed by atoms with Crippen LogP contribution in [0.3, 0.4) is 0 Å². The number of nitrogens with zero attached hydrogens (tertiary/aromatic N) is 1. The molecule has 0 bridgehead atoms. The first-order chi connectivity index (χ1) is 13.4. The van der Waals surface area contributed by atoms with Gasteiger partial charge in [0, 0.05) is 30.7 Å². The Morgan fingerprint density at radius 2 is 2.04 bits per heavy atom. The van der Waals surface area contributed by atoms with Crippen molar-refractivity contribution in [1.29, 1.82) is 0 Å². The Hall–Kier alpha value is -1.50. The van der Waals surface area contributed by atoms with Crippen LogP contribution < -0.4 is 5.73 Å². The van der Waals surface area contributed by atoms with Crippen LogP contribution in [-0.4, -0.2) is 51.8 Å². The molecule has 152 valence electrons. The summed E-state index contributed by atoms with van der Waals surface area (Å²) in [6.45, 7) is 1.50. The summed E-state index contributed by atoms with van der Waals surface area (Å²) >= 11 is 1.66. The fraction of sp³-hybridized carbons (Fsp3) is 0.450. The van der Waals surface area contributed by atoms with Gasteiger partial charge in [-0.25, -0.2) is 0 Å². The van der Waals surface area contributed by atoms with Crippen molar-refractivity contribution in [2.45, 2.75) is 31.0 Å². The van der Waals surface area contributed by atoms with Gasteiger partial charge in [0.25, 0.3) is 0 Å². The zero-order valence-electron chi connectivity index (χ0n) is 15.8. The number of carbonyl (C=O) groups is 1. The lowest BCUT2D eigenvalue weighted by Crippen LogP contribution is -2.53. The quantitative estimate of drug-likeness (QED) is 0.445. The molecule has 0 aliphatic carbocycles. The van der Waals surface area contributed by atoms with Gasteiger partial charge >= 0.3 is 5.97 Å². The second-order valence-corrected chi connectivity index (χ2v) is 11.0. The molecular formula is C20H27N2O4PS. The summed E-state index contributed by atoms with van der Waals surface area (Å²) in [4.78, 5) is 25.9. The molecule has 2 heterocycles. The Labute approximate surface area is 169 Å². The predicted molar refractivity (Wildman–Crippen MR) is 113 cm³/mol. The predicted octanol–water partition coefficient (Wildman–Crippen LogP) is 3.45. The van der Waals surface area contributed by atoms with E-state index in [2.05, 4.69) is 12.1 Å². The number of rotatable bonds is 8. The van der Waals surface area contributed by atoms with Crippen LogP contribution in [0.15, 0.2) is 41.8 Å². The molecule has 28 heavy (non-hydrogen) atoms. The number of hydrogen-bond donors (Lipinski definition) is 3. The highest BCUT2D eigenvalue weighted by atomic mass is 32.1. The van der Waals surface area contributed by atoms with Gasteiger partial charge in [-0.3, -0.25) is 14.3 Å². The molecule has 1 fully saturated rings. The minimum absolute atomic E-state index is 0.00307. The Kier molecular flexibility index (Phi) is 6.73. The molecular weight excluding hydrogens is 395 g/mol. The molecule has 6 nitrogen and oxygen atoms in total. The molecule has 1 aromatic heterocycles. The maximum absolute atomic E-state index is 12.9. The number of benzene rings is 1. The number of unbranched alkanes of at least 4 members (excludes halogenated alkanes) is 1. The molecule has 2 aromatic rings. The maximum atomic E-state index is 12.9. The van der Waals surface area contributed by atoms with Crippen molar-refractivity contribution in [2.75, 3.05) is 25.8 Å². The summed E-state index contributed by atoms with van der Waals surface area (Å²) in [7, 11) is -3.81. The van der Waals surface area contributed by atoms with Gasteiger partial charge in [-0.05, 0) is 42.0 Å². The van der Waals surface area contributed by atoms with E-state index in [1.807, 2.05) is 34.5 Å². The minimum Gasteiger partial charge on any atom is -0.480 e. The summed E-state index contributed by atoms with van der Waals surface area (Å²) in [5.74, 6) is -1.17. The van der Waals surface area contributed by atoms with E-state index in [9.17, 15) is 19.4 Å². The second kappa shape index (κ2) is 8.89. The van der Waals surface area contributed by atoms with Crippen molar-refractivity contribution in [1.82, 2.24) is 4.90 Å². The summed E-state index contributed by atoms with van der Waals surface area (Å²) in [6.07, 6.45) is 1.36. The van der Waals surface area contributed by atoms with E-state index in [1.165, 1.54) is 0 Å². The third-order valence-corrected chi connectivity index (χ3v) is 9.12. The smallest absolute Gasteiger partial charge is 0.320 e. The highest BCUT2D eigenvalue weighted by Gasteiger charge is 2.56. The molecule has 2 unspecified atom stereocenters. The monoisotopic (exact) mass is 422 g/mol. The zero-order chi connectivity index (χ0) is 20.2. The van der Waals surface area contributed by atoms with Crippen LogP contribution in [0.2, 0.25) is 0 Å². The van der Waals surface area contributed by atoms with Crippen LogP contribution in [0, 0.1) is 0 Å². The van der Waals surface area contributed by atoms with Gasteiger partial charge in [0.05, 0.1) is 0 Å². The highest BCUT2D eigenvalue weighted by Crippen LogP contribution is 2.59. The molecule has 0 radical (unpaired) electrons. The molecule has 1 saturated heterocycles. The van der Waals surface area contributed by atoms with Crippen molar-refractivity contribution >= 4 is 24.7 Å². The third kappa shape index (κ3) is 4.24. The number of thiophene rings is 1. The molecule has 0 spiro atoms. The number of aliphatic carboxylic acids is 1. The Morgan fingerprint density at radius 1 is 1.25 bits per heavy atom. The molecule has 1 aromatic carbocycles. The number of carboxylic acid groups (broad SMARTS) is 1. The Bertz CT molecular complexity index is 858. The number of carboxylic acids is 1. The van der Waals surface area contributed by atoms with Crippen LogP contribution >= 0.6 is 18.7 Å². The van der Waals surface area contributed by atoms with Gasteiger partial charge in [0.1, 0.15) is 0 Å². The second-order valence-electron chi connectivity index (χ2n) is 7.35. The van der Waals surface area contributed by atoms with Gasteiger partial charge in [-0.1, -0.05) is 36.8 Å². The molecule has 1 aliphatic rings. The van der Waals surface area contributed by atoms with E-state index in [0.29, 0.717) is 32.5 Å². The van der Waals surface area contributed by atoms with Gasteiger partial charge in [0.2, 0.25) is 7.37 Å². The maximum Gasteiger partial charge on any atom is 0.320 e. The lowest BCUT2D eigenvalue weighted by molar-refractivity contribution is -0.141. The van der Waals surface area contributed by atoms with Gasteiger partial charge in [0.15, 0.2) is 5.16 Å². The topological polar surface area (TPSA) is 104 Å². The Balaban J connectivity index is 1.85. The number of nitrogens with two attached hydrogens (primary N) is 1. The van der Waals surface area contributed by atoms with Gasteiger partial charge in [-0.15, -0.1) is 11.3 Å². The number of hydrogen-bond acceptors (Lipinski definition) is 5. The normalized spacial score (nSPS) is 25.6. The largest absolute Gasteiger partial charge is 0.480 e. The van der Waals surface area contributed by atoms with Crippen molar-refractivity contribution in [2.24, 2.45) is 5.73 Å². The molecule has 3 rings (SSSR count). The fourth-order valence-corrected chi connectivity index (χ4v) is 6.89. The minimum atomic E-state index is -3.81. The van der Waals surface area contributed by atoms with Crippen LogP contribution in [-0.2, 0) is 15.9 Å². The van der Waals surface area contributed by atoms with Crippen molar-refractivity contribution < 1.29 is 19.4 Å². The zero-order valence-corrected chi connectivity index (χ0v) is 17.5. The Morgan fingerprint density at radius 3 is 2.71 bits per heavy atom. The first kappa shape index (κ1) is 21.2. The van der Waals surface area contributed by atoms with Crippen LogP contribution in [0.4, 0.5) is 0 Å². The van der Waals surface area contributed by atoms with Crippen LogP contribution in [0.25, 0.3) is 10.4 Å². The standard InChI is InChI=1S/C20H27N2O4PS/c21-10-4-3-9-20(19(23)24)15-22(11-12-27(20,25)26)14-16-6-1-2-7-17(16)18-8-5-13-28-18/h1-2,5-8,13H,3-4,9-12,14-15,21H2,(H,23,24)(H,25,26). The van der Waals surface area contributed by atoms with E-state index < -0.39 is 18.5 Å². The fourth-order valence-electron chi connectivity index (χ4n) is 3.90. The average Bonchev–Trinajstić information content (AvgIpc) is 3.19.